The highest BCUT2D eigenvalue weighted by molar-refractivity contribution is 5.63. The van der Waals surface area contributed by atoms with Crippen molar-refractivity contribution >= 4 is 5.69 Å². The summed E-state index contributed by atoms with van der Waals surface area (Å²) in [6, 6.07) is 18.4. The molecule has 2 aromatic rings. The SMILES string of the molecule is Cc1ccc2c(c1)[C@@H]1CC(C)(N)CCC[C@H]1N2Cc1ccccc1. The van der Waals surface area contributed by atoms with Crippen LogP contribution in [-0.2, 0) is 6.54 Å². The van der Waals surface area contributed by atoms with E-state index in [9.17, 15) is 0 Å². The second kappa shape index (κ2) is 5.93. The maximum absolute atomic E-state index is 6.61. The molecule has 2 aromatic carbocycles. The molecule has 24 heavy (non-hydrogen) atoms. The standard InChI is InChI=1S/C22H28N2/c1-16-10-11-21-18(13-16)19-14-22(2,23)12-6-9-20(19)24(21)15-17-7-4-3-5-8-17/h3-5,7-8,10-11,13,19-20H,6,9,12,14-15,23H2,1-2H3/t19-,20+,22?/m0/s1. The molecule has 0 bridgehead atoms. The first-order chi connectivity index (χ1) is 11.5. The first-order valence-electron chi connectivity index (χ1n) is 9.23. The molecule has 0 amide bonds. The van der Waals surface area contributed by atoms with Crippen molar-refractivity contribution in [1.82, 2.24) is 0 Å². The fourth-order valence-corrected chi connectivity index (χ4v) is 4.74. The van der Waals surface area contributed by atoms with Gasteiger partial charge in [0.1, 0.15) is 0 Å². The van der Waals surface area contributed by atoms with Crippen LogP contribution >= 0.6 is 0 Å². The van der Waals surface area contributed by atoms with Crippen molar-refractivity contribution in [3.05, 3.63) is 65.2 Å². The number of rotatable bonds is 2. The number of nitrogens with zero attached hydrogens (tertiary/aromatic N) is 1. The molecule has 2 nitrogen and oxygen atoms in total. The molecule has 126 valence electrons. The van der Waals surface area contributed by atoms with Crippen molar-refractivity contribution in [1.29, 1.82) is 0 Å². The van der Waals surface area contributed by atoms with E-state index in [1.165, 1.54) is 35.2 Å². The summed E-state index contributed by atoms with van der Waals surface area (Å²) in [7, 11) is 0. The van der Waals surface area contributed by atoms with Crippen molar-refractivity contribution in [2.24, 2.45) is 5.73 Å². The molecule has 1 saturated carbocycles. The number of fused-ring (bicyclic) bond motifs is 3. The molecule has 1 aliphatic heterocycles. The highest BCUT2D eigenvalue weighted by Crippen LogP contribution is 2.49. The Balaban J connectivity index is 1.74. The molecule has 1 unspecified atom stereocenters. The van der Waals surface area contributed by atoms with Crippen molar-refractivity contribution in [3.8, 4) is 0 Å². The van der Waals surface area contributed by atoms with Crippen LogP contribution in [0.2, 0.25) is 0 Å². The van der Waals surface area contributed by atoms with Crippen molar-refractivity contribution < 1.29 is 0 Å². The maximum atomic E-state index is 6.61. The minimum Gasteiger partial charge on any atom is -0.363 e. The Kier molecular flexibility index (Phi) is 3.88. The van der Waals surface area contributed by atoms with E-state index in [-0.39, 0.29) is 5.54 Å². The van der Waals surface area contributed by atoms with Crippen LogP contribution in [0, 0.1) is 6.92 Å². The first kappa shape index (κ1) is 15.7. The number of hydrogen-bond acceptors (Lipinski definition) is 2. The Hall–Kier alpha value is -1.80. The lowest BCUT2D eigenvalue weighted by Crippen LogP contribution is -2.38. The highest BCUT2D eigenvalue weighted by atomic mass is 15.2. The molecule has 0 saturated heterocycles. The summed E-state index contributed by atoms with van der Waals surface area (Å²) in [5.74, 6) is 0.570. The topological polar surface area (TPSA) is 29.3 Å². The summed E-state index contributed by atoms with van der Waals surface area (Å²) in [5.41, 5.74) is 12.3. The summed E-state index contributed by atoms with van der Waals surface area (Å²) in [6.45, 7) is 5.44. The van der Waals surface area contributed by atoms with Gasteiger partial charge in [-0.25, -0.2) is 0 Å². The Morgan fingerprint density at radius 3 is 2.75 bits per heavy atom. The highest BCUT2D eigenvalue weighted by Gasteiger charge is 2.42. The zero-order valence-electron chi connectivity index (χ0n) is 14.8. The molecule has 2 heteroatoms. The molecule has 1 aliphatic carbocycles. The summed E-state index contributed by atoms with van der Waals surface area (Å²) in [4.78, 5) is 2.65. The van der Waals surface area contributed by atoms with E-state index < -0.39 is 0 Å². The quantitative estimate of drug-likeness (QED) is 0.864. The van der Waals surface area contributed by atoms with Crippen LogP contribution in [0.4, 0.5) is 5.69 Å². The van der Waals surface area contributed by atoms with Crippen molar-refractivity contribution in [2.45, 2.75) is 63.6 Å². The number of benzene rings is 2. The van der Waals surface area contributed by atoms with Gasteiger partial charge in [0.25, 0.3) is 0 Å². The lowest BCUT2D eigenvalue weighted by molar-refractivity contribution is 0.383. The molecule has 1 heterocycles. The Bertz CT molecular complexity index is 720. The van der Waals surface area contributed by atoms with Crippen LogP contribution in [0.1, 0.15) is 55.2 Å². The molecule has 0 aromatic heterocycles. The Labute approximate surface area is 145 Å². The van der Waals surface area contributed by atoms with Gasteiger partial charge < -0.3 is 10.6 Å². The van der Waals surface area contributed by atoms with Crippen LogP contribution in [0.25, 0.3) is 0 Å². The molecule has 3 atom stereocenters. The summed E-state index contributed by atoms with van der Waals surface area (Å²) < 4.78 is 0. The van der Waals surface area contributed by atoms with Gasteiger partial charge in [0.15, 0.2) is 0 Å². The number of aryl methyl sites for hydroxylation is 1. The van der Waals surface area contributed by atoms with E-state index in [0.29, 0.717) is 12.0 Å². The Morgan fingerprint density at radius 2 is 1.96 bits per heavy atom. The van der Waals surface area contributed by atoms with Gasteiger partial charge in [-0.15, -0.1) is 0 Å². The minimum absolute atomic E-state index is 0.0385. The fourth-order valence-electron chi connectivity index (χ4n) is 4.74. The van der Waals surface area contributed by atoms with Gasteiger partial charge in [0.2, 0.25) is 0 Å². The van der Waals surface area contributed by atoms with Gasteiger partial charge in [-0.3, -0.25) is 0 Å². The minimum atomic E-state index is -0.0385. The Morgan fingerprint density at radius 1 is 1.17 bits per heavy atom. The van der Waals surface area contributed by atoms with E-state index in [1.807, 2.05) is 0 Å². The zero-order chi connectivity index (χ0) is 16.7. The number of nitrogens with two attached hydrogens (primary N) is 1. The average molecular weight is 320 g/mol. The van der Waals surface area contributed by atoms with Crippen molar-refractivity contribution in [2.75, 3.05) is 4.90 Å². The van der Waals surface area contributed by atoms with Crippen LogP contribution in [-0.4, -0.2) is 11.6 Å². The molecular formula is C22H28N2. The number of anilines is 1. The molecule has 2 N–H and O–H groups in total. The maximum Gasteiger partial charge on any atom is 0.0432 e. The lowest BCUT2D eigenvalue weighted by Gasteiger charge is -2.30. The largest absolute Gasteiger partial charge is 0.363 e. The second-order valence-corrected chi connectivity index (χ2v) is 8.10. The lowest BCUT2D eigenvalue weighted by atomic mass is 9.83. The zero-order valence-corrected chi connectivity index (χ0v) is 14.8. The number of hydrogen-bond donors (Lipinski definition) is 1. The molecule has 1 fully saturated rings. The van der Waals surface area contributed by atoms with Gasteiger partial charge in [-0.1, -0.05) is 48.0 Å². The fraction of sp³-hybridized carbons (Fsp3) is 0.455. The van der Waals surface area contributed by atoms with Gasteiger partial charge >= 0.3 is 0 Å². The van der Waals surface area contributed by atoms with Crippen LogP contribution in [0.5, 0.6) is 0 Å². The molecule has 4 rings (SSSR count). The summed E-state index contributed by atoms with van der Waals surface area (Å²) in [5, 5.41) is 0. The molecular weight excluding hydrogens is 292 g/mol. The predicted octanol–water partition coefficient (Wildman–Crippen LogP) is 4.76. The molecule has 0 spiro atoms. The third-order valence-electron chi connectivity index (χ3n) is 5.89. The summed E-state index contributed by atoms with van der Waals surface area (Å²) >= 11 is 0. The third kappa shape index (κ3) is 2.84. The summed E-state index contributed by atoms with van der Waals surface area (Å²) in [6.07, 6.45) is 4.71. The van der Waals surface area contributed by atoms with Crippen LogP contribution in [0.3, 0.4) is 0 Å². The van der Waals surface area contributed by atoms with Crippen molar-refractivity contribution in [3.63, 3.8) is 0 Å². The van der Waals surface area contributed by atoms with Gasteiger partial charge in [0.05, 0.1) is 0 Å². The first-order valence-corrected chi connectivity index (χ1v) is 9.23. The van der Waals surface area contributed by atoms with Gasteiger partial charge in [-0.05, 0) is 56.7 Å². The smallest absolute Gasteiger partial charge is 0.0432 e. The van der Waals surface area contributed by atoms with E-state index in [0.717, 1.165) is 19.4 Å². The third-order valence-corrected chi connectivity index (χ3v) is 5.89. The monoisotopic (exact) mass is 320 g/mol. The predicted molar refractivity (Wildman–Crippen MR) is 101 cm³/mol. The second-order valence-electron chi connectivity index (χ2n) is 8.10. The van der Waals surface area contributed by atoms with Crippen LogP contribution in [0.15, 0.2) is 48.5 Å². The molecule has 0 radical (unpaired) electrons. The van der Waals surface area contributed by atoms with E-state index in [1.54, 1.807) is 0 Å². The molecule has 2 aliphatic rings. The average Bonchev–Trinajstić information content (AvgIpc) is 2.71. The normalized spacial score (nSPS) is 29.0. The van der Waals surface area contributed by atoms with E-state index >= 15 is 0 Å². The van der Waals surface area contributed by atoms with E-state index in [2.05, 4.69) is 67.3 Å². The van der Waals surface area contributed by atoms with Gasteiger partial charge in [0, 0.05) is 29.7 Å². The van der Waals surface area contributed by atoms with E-state index in [4.69, 9.17) is 5.73 Å². The van der Waals surface area contributed by atoms with Crippen LogP contribution < -0.4 is 10.6 Å². The van der Waals surface area contributed by atoms with Gasteiger partial charge in [-0.2, -0.15) is 0 Å².